The van der Waals surface area contributed by atoms with Crippen LogP contribution in [0.5, 0.6) is 0 Å². The molecule has 0 saturated carbocycles. The molecule has 4 aromatic heterocycles. The van der Waals surface area contributed by atoms with Gasteiger partial charge >= 0.3 is 225 Å². The molecule has 74 heavy (non-hydrogen) atoms. The van der Waals surface area contributed by atoms with Crippen LogP contribution in [0.15, 0.2) is 158 Å². The van der Waals surface area contributed by atoms with Crippen LogP contribution in [0, 0.1) is 36.1 Å². The smallest absolute Gasteiger partial charge is 0 e. The van der Waals surface area contributed by atoms with E-state index in [-0.39, 0.29) is 40.2 Å². The summed E-state index contributed by atoms with van der Waals surface area (Å²) in [5.41, 5.74) is 11.4. The fourth-order valence-electron chi connectivity index (χ4n) is 8.06. The molecule has 4 heterocycles. The topological polar surface area (TPSA) is 51.6 Å². The Balaban J connectivity index is 0.000000259. The zero-order valence-electron chi connectivity index (χ0n) is 47.0. The Bertz CT molecular complexity index is 2660. The van der Waals surface area contributed by atoms with Crippen LogP contribution in [-0.2, 0) is 53.1 Å². The predicted molar refractivity (Wildman–Crippen MR) is 323 cm³/mol. The first-order chi connectivity index (χ1) is 33.9. The van der Waals surface area contributed by atoms with Crippen LogP contribution in [0.1, 0.15) is 38.8 Å². The quantitative estimate of drug-likeness (QED) is 0.0904. The van der Waals surface area contributed by atoms with Gasteiger partial charge in [-0.25, -0.2) is 0 Å². The zero-order valence-corrected chi connectivity index (χ0v) is 58.0. The molecule has 0 unspecified atom stereocenters. The molecule has 8 rings (SSSR count). The van der Waals surface area contributed by atoms with E-state index in [1.54, 1.807) is 4.40 Å². The fraction of sp³-hybridized carbons (Fsp3) is 0.312. The summed E-state index contributed by atoms with van der Waals surface area (Å²) < 4.78 is 2.98. The Hall–Kier alpha value is -3.70. The molecule has 4 nitrogen and oxygen atoms in total. The van der Waals surface area contributed by atoms with Crippen LogP contribution >= 0.6 is 0 Å². The molecule has 2 radical (unpaired) electrons. The number of hydrogen-bond acceptors (Lipinski definition) is 4. The van der Waals surface area contributed by atoms with Gasteiger partial charge in [0.25, 0.3) is 0 Å². The standard InChI is InChI=1S/C18H24GeN.C18H24NSi.C14H16GeN.C14H16NSi.2Ir/c1-14(2)11-16-12-18(15-9-7-6-8-10-15)20-13-17(16)19(3,4)5;1-14(2)11-16-12-17(15-9-7-6-8-10-15)19-13-18(16)20(3,4)5;1-15(2,3)13-9-10-14(16-11-13)12-7-5-4-6-8-12;1-16(2,3)13-9-10-14(15-11-13)12-7-5-4-6-8-12;;/h2*6-9,12-14H,11H2,1-5H3;2*4-7,9-11H,1-3H3;;/q4*-1;;. The van der Waals surface area contributed by atoms with Crippen molar-refractivity contribution in [3.8, 4) is 45.0 Å². The largest absolute Gasteiger partial charge is 0 e. The van der Waals surface area contributed by atoms with E-state index in [0.717, 1.165) is 57.9 Å². The van der Waals surface area contributed by atoms with E-state index in [4.69, 9.17) is 4.98 Å². The second-order valence-electron chi connectivity index (χ2n) is 23.6. The summed E-state index contributed by atoms with van der Waals surface area (Å²) in [6.07, 6.45) is 10.6. The third kappa shape index (κ3) is 20.7. The van der Waals surface area contributed by atoms with Crippen molar-refractivity contribution in [3.63, 3.8) is 0 Å². The van der Waals surface area contributed by atoms with Crippen molar-refractivity contribution in [1.82, 2.24) is 19.9 Å². The Morgan fingerprint density at radius 1 is 0.419 bits per heavy atom. The first-order valence-electron chi connectivity index (χ1n) is 25.7. The summed E-state index contributed by atoms with van der Waals surface area (Å²) in [6.45, 7) is 23.3. The van der Waals surface area contributed by atoms with Crippen molar-refractivity contribution < 1.29 is 40.2 Å². The van der Waals surface area contributed by atoms with Gasteiger partial charge in [-0.1, -0.05) is 76.9 Å². The number of hydrogen-bond donors (Lipinski definition) is 0. The second-order valence-corrected chi connectivity index (χ2v) is 55.0. The first kappa shape index (κ1) is 64.6. The van der Waals surface area contributed by atoms with Crippen LogP contribution < -0.4 is 19.2 Å². The Morgan fingerprint density at radius 2 is 0.811 bits per heavy atom. The van der Waals surface area contributed by atoms with Crippen molar-refractivity contribution in [2.24, 2.45) is 11.8 Å². The van der Waals surface area contributed by atoms with Gasteiger partial charge in [0.15, 0.2) is 0 Å². The molecule has 0 saturated heterocycles. The number of pyridine rings is 4. The van der Waals surface area contributed by atoms with Crippen molar-refractivity contribution in [1.29, 1.82) is 0 Å². The number of benzene rings is 4. The van der Waals surface area contributed by atoms with E-state index in [2.05, 4.69) is 202 Å². The number of rotatable bonds is 12. The normalized spacial score (nSPS) is 11.4. The summed E-state index contributed by atoms with van der Waals surface area (Å²) >= 11 is -3.57. The Kier molecular flexibility index (Phi) is 25.9. The molecule has 8 aromatic rings. The predicted octanol–water partition coefficient (Wildman–Crippen LogP) is 14.8. The third-order valence-electron chi connectivity index (χ3n) is 12.1. The van der Waals surface area contributed by atoms with E-state index in [1.807, 2.05) is 97.3 Å². The van der Waals surface area contributed by atoms with E-state index >= 15 is 0 Å². The summed E-state index contributed by atoms with van der Waals surface area (Å²) in [7, 11) is -2.57. The molecule has 0 amide bonds. The SMILES string of the molecule is CC(C)Cc1cc(-c2[c-]cccc2)nc[c]1[Ge]([CH3])([CH3])[CH3].CC(C)Cc1cc(-c2[c-]cccc2)ncc1[Si](C)(C)C.C[Si](C)(C)c1ccc(-c2[c-]cccc2)nc1.[CH3][Ge]([CH3])([CH3])[c]1ccc(-c2[c-]cccc2)nc1.[Ir].[Ir]. The Labute approximate surface area is 482 Å². The van der Waals surface area contributed by atoms with Crippen LogP contribution in [0.2, 0.25) is 73.8 Å². The monoisotopic (exact) mass is 1490 g/mol. The van der Waals surface area contributed by atoms with Crippen molar-refractivity contribution in [2.45, 2.75) is 114 Å². The minimum absolute atomic E-state index is 0. The molecule has 0 aliphatic heterocycles. The van der Waals surface area contributed by atoms with Gasteiger partial charge in [-0.15, -0.1) is 71.8 Å². The van der Waals surface area contributed by atoms with Crippen LogP contribution in [-0.4, -0.2) is 62.6 Å². The minimum Gasteiger partial charge on any atom is 0 e. The number of nitrogens with zero attached hydrogens (tertiary/aromatic N) is 4. The van der Waals surface area contributed by atoms with Gasteiger partial charge in [0, 0.05) is 52.6 Å². The molecule has 0 fully saturated rings. The molecule has 0 spiro atoms. The van der Waals surface area contributed by atoms with Crippen molar-refractivity contribution in [2.75, 3.05) is 0 Å². The maximum absolute atomic E-state index is 4.70. The molecule has 0 aliphatic rings. The van der Waals surface area contributed by atoms with Crippen LogP contribution in [0.4, 0.5) is 0 Å². The van der Waals surface area contributed by atoms with Crippen molar-refractivity contribution in [3.05, 3.63) is 194 Å². The van der Waals surface area contributed by atoms with E-state index in [0.29, 0.717) is 11.8 Å². The molecule has 0 bridgehead atoms. The van der Waals surface area contributed by atoms with Crippen LogP contribution in [0.25, 0.3) is 45.0 Å². The second kappa shape index (κ2) is 29.7. The molecule has 394 valence electrons. The van der Waals surface area contributed by atoms with Crippen LogP contribution in [0.3, 0.4) is 0 Å². The zero-order chi connectivity index (χ0) is 52.7. The Morgan fingerprint density at radius 3 is 1.15 bits per heavy atom. The maximum atomic E-state index is 4.70. The van der Waals surface area contributed by atoms with Gasteiger partial charge in [-0.05, 0) is 34.1 Å². The van der Waals surface area contributed by atoms with Gasteiger partial charge in [-0.2, -0.15) is 0 Å². The summed E-state index contributed by atoms with van der Waals surface area (Å²) in [5.74, 6) is 15.8. The van der Waals surface area contributed by atoms with Crippen molar-refractivity contribution >= 4 is 61.8 Å². The van der Waals surface area contributed by atoms with Gasteiger partial charge in [-0.3, -0.25) is 0 Å². The van der Waals surface area contributed by atoms with Gasteiger partial charge in [0.1, 0.15) is 0 Å². The summed E-state index contributed by atoms with van der Waals surface area (Å²) in [4.78, 5) is 18.4. The van der Waals surface area contributed by atoms with E-state index < -0.39 is 42.7 Å². The van der Waals surface area contributed by atoms with E-state index in [9.17, 15) is 0 Å². The molecule has 0 atom stereocenters. The third-order valence-corrected chi connectivity index (χ3v) is 24.7. The molecule has 0 N–H and O–H groups in total. The first-order valence-corrected chi connectivity index (χ1v) is 47.4. The summed E-state index contributed by atoms with van der Waals surface area (Å²) in [5, 5.41) is 2.89. The molecule has 4 aromatic carbocycles. The average molecular weight is 1490 g/mol. The molecular weight excluding hydrogens is 1410 g/mol. The van der Waals surface area contributed by atoms with Gasteiger partial charge in [0.2, 0.25) is 0 Å². The maximum Gasteiger partial charge on any atom is 0 e. The minimum atomic E-state index is -1.86. The average Bonchev–Trinajstić information content (AvgIpc) is 3.34. The molecule has 0 aliphatic carbocycles. The molecule has 10 heteroatoms. The summed E-state index contributed by atoms with van der Waals surface area (Å²) in [6, 6.07) is 58.2. The van der Waals surface area contributed by atoms with E-state index in [1.165, 1.54) is 25.9 Å². The fourth-order valence-corrected chi connectivity index (χ4v) is 16.2. The molecular formula is C64H80Ge2Ir2N4Si2-4. The van der Waals surface area contributed by atoms with Gasteiger partial charge in [0.05, 0.1) is 16.1 Å². The number of aromatic nitrogens is 4. The van der Waals surface area contributed by atoms with Gasteiger partial charge < -0.3 is 9.97 Å².